The maximum Gasteiger partial charge on any atom is 0.222 e. The predicted octanol–water partition coefficient (Wildman–Crippen LogP) is 6.95. The van der Waals surface area contributed by atoms with E-state index in [4.69, 9.17) is 16.9 Å². The number of hydrogen-bond acceptors (Lipinski definition) is 2. The Balaban J connectivity index is 0.000000241. The van der Waals surface area contributed by atoms with E-state index in [1.165, 1.54) is 18.6 Å². The molecule has 2 aromatic carbocycles. The highest BCUT2D eigenvalue weighted by Gasteiger charge is 2.30. The molecule has 0 spiro atoms. The number of halogens is 3. The van der Waals surface area contributed by atoms with Crippen LogP contribution >= 0.6 is 11.6 Å². The van der Waals surface area contributed by atoms with Crippen molar-refractivity contribution in [1.82, 2.24) is 4.90 Å². The van der Waals surface area contributed by atoms with Gasteiger partial charge in [0.05, 0.1) is 10.6 Å². The summed E-state index contributed by atoms with van der Waals surface area (Å²) in [6.07, 6.45) is 2.57. The smallest absolute Gasteiger partial charge is 0.222 e. The highest BCUT2D eigenvalue weighted by molar-refractivity contribution is 6.31. The number of hydrogen-bond donors (Lipinski definition) is 0. The molecule has 3 rings (SSSR count). The monoisotopic (exact) mass is 462 g/mol. The first-order chi connectivity index (χ1) is 15.2. The van der Waals surface area contributed by atoms with Crippen molar-refractivity contribution < 1.29 is 13.6 Å². The van der Waals surface area contributed by atoms with Gasteiger partial charge in [0.2, 0.25) is 5.91 Å². The van der Waals surface area contributed by atoms with Gasteiger partial charge < -0.3 is 4.90 Å². The molecule has 1 amide bonds. The van der Waals surface area contributed by atoms with Crippen LogP contribution in [0.3, 0.4) is 0 Å². The molecule has 0 bridgehead atoms. The van der Waals surface area contributed by atoms with Crippen molar-refractivity contribution in [3.63, 3.8) is 0 Å². The molecule has 1 aliphatic heterocycles. The summed E-state index contributed by atoms with van der Waals surface area (Å²) in [7, 11) is 0. The fourth-order valence-electron chi connectivity index (χ4n) is 3.34. The SMILES string of the molecule is CCC(C)C1CC(=O)N(CC)C1.CCc1ccc(F)cc1F.Cc1ccc(C#N)c(Cl)c1. The lowest BCUT2D eigenvalue weighted by Gasteiger charge is -2.17. The summed E-state index contributed by atoms with van der Waals surface area (Å²) in [5, 5.41) is 9.00. The minimum absolute atomic E-state index is 0.350. The van der Waals surface area contributed by atoms with Crippen LogP contribution in [-0.4, -0.2) is 23.9 Å². The van der Waals surface area contributed by atoms with Crippen LogP contribution in [0.2, 0.25) is 5.02 Å². The Morgan fingerprint density at radius 2 is 1.88 bits per heavy atom. The van der Waals surface area contributed by atoms with Gasteiger partial charge in [0.25, 0.3) is 0 Å². The number of amides is 1. The third kappa shape index (κ3) is 8.59. The first-order valence-corrected chi connectivity index (χ1v) is 11.4. The van der Waals surface area contributed by atoms with Gasteiger partial charge >= 0.3 is 0 Å². The lowest BCUT2D eigenvalue weighted by Crippen LogP contribution is -2.25. The second-order valence-electron chi connectivity index (χ2n) is 7.97. The van der Waals surface area contributed by atoms with Gasteiger partial charge in [-0.2, -0.15) is 5.26 Å². The van der Waals surface area contributed by atoms with Crippen molar-refractivity contribution in [3.8, 4) is 6.07 Å². The average molecular weight is 463 g/mol. The van der Waals surface area contributed by atoms with Gasteiger partial charge in [-0.25, -0.2) is 8.78 Å². The quantitative estimate of drug-likeness (QED) is 0.493. The molecule has 1 saturated heterocycles. The molecule has 1 fully saturated rings. The normalized spacial score (nSPS) is 15.8. The second kappa shape index (κ2) is 13.9. The first kappa shape index (κ1) is 27.6. The van der Waals surface area contributed by atoms with E-state index < -0.39 is 11.6 Å². The molecule has 0 aromatic heterocycles. The van der Waals surface area contributed by atoms with E-state index >= 15 is 0 Å². The predicted molar refractivity (Wildman–Crippen MR) is 126 cm³/mol. The summed E-state index contributed by atoms with van der Waals surface area (Å²) in [6, 6.07) is 11.0. The van der Waals surface area contributed by atoms with Gasteiger partial charge in [-0.05, 0) is 61.4 Å². The van der Waals surface area contributed by atoms with Gasteiger partial charge in [-0.15, -0.1) is 0 Å². The lowest BCUT2D eigenvalue weighted by molar-refractivity contribution is -0.127. The van der Waals surface area contributed by atoms with Gasteiger partial charge in [0.1, 0.15) is 17.7 Å². The molecule has 1 heterocycles. The maximum absolute atomic E-state index is 12.6. The van der Waals surface area contributed by atoms with E-state index in [9.17, 15) is 13.6 Å². The third-order valence-corrected chi connectivity index (χ3v) is 6.03. The van der Waals surface area contributed by atoms with Crippen molar-refractivity contribution in [3.05, 3.63) is 69.7 Å². The van der Waals surface area contributed by atoms with Crippen LogP contribution in [0.25, 0.3) is 0 Å². The van der Waals surface area contributed by atoms with Crippen molar-refractivity contribution in [2.45, 2.75) is 53.9 Å². The summed E-state index contributed by atoms with van der Waals surface area (Å²) in [4.78, 5) is 13.3. The van der Waals surface area contributed by atoms with E-state index in [2.05, 4.69) is 20.8 Å². The average Bonchev–Trinajstić information content (AvgIpc) is 3.15. The van der Waals surface area contributed by atoms with Crippen LogP contribution in [0.4, 0.5) is 8.78 Å². The zero-order chi connectivity index (χ0) is 24.3. The second-order valence-corrected chi connectivity index (χ2v) is 8.37. The molecular formula is C26H33ClF2N2O. The Morgan fingerprint density at radius 1 is 1.19 bits per heavy atom. The number of carbonyl (C=O) groups excluding carboxylic acids is 1. The lowest BCUT2D eigenvalue weighted by atomic mass is 9.91. The minimum Gasteiger partial charge on any atom is -0.343 e. The Kier molecular flexibility index (Phi) is 11.9. The van der Waals surface area contributed by atoms with Crippen molar-refractivity contribution in [2.75, 3.05) is 13.1 Å². The van der Waals surface area contributed by atoms with Crippen molar-refractivity contribution in [1.29, 1.82) is 5.26 Å². The summed E-state index contributed by atoms with van der Waals surface area (Å²) >= 11 is 5.71. The van der Waals surface area contributed by atoms with Crippen molar-refractivity contribution in [2.24, 2.45) is 11.8 Å². The van der Waals surface area contributed by atoms with Gasteiger partial charge in [-0.3, -0.25) is 4.79 Å². The van der Waals surface area contributed by atoms with Crippen LogP contribution in [0.5, 0.6) is 0 Å². The highest BCUT2D eigenvalue weighted by Crippen LogP contribution is 2.26. The number of nitrogens with zero attached hydrogens (tertiary/aromatic N) is 2. The third-order valence-electron chi connectivity index (χ3n) is 5.72. The minimum atomic E-state index is -0.519. The Labute approximate surface area is 196 Å². The molecule has 2 aromatic rings. The molecule has 1 aliphatic rings. The van der Waals surface area contributed by atoms with Crippen LogP contribution < -0.4 is 0 Å². The fourth-order valence-corrected chi connectivity index (χ4v) is 3.62. The number of likely N-dealkylation sites (tertiary alicyclic amines) is 1. The van der Waals surface area contributed by atoms with Crippen LogP contribution in [-0.2, 0) is 11.2 Å². The number of benzene rings is 2. The zero-order valence-electron chi connectivity index (χ0n) is 19.6. The van der Waals surface area contributed by atoms with E-state index in [0.29, 0.717) is 40.3 Å². The first-order valence-electron chi connectivity index (χ1n) is 11.0. The van der Waals surface area contributed by atoms with Gasteiger partial charge in [0, 0.05) is 25.6 Å². The number of carbonyl (C=O) groups is 1. The zero-order valence-corrected chi connectivity index (χ0v) is 20.3. The van der Waals surface area contributed by atoms with Crippen LogP contribution in [0.1, 0.15) is 57.2 Å². The Hall–Kier alpha value is -2.45. The van der Waals surface area contributed by atoms with Crippen LogP contribution in [0.15, 0.2) is 36.4 Å². The van der Waals surface area contributed by atoms with E-state index in [-0.39, 0.29) is 0 Å². The van der Waals surface area contributed by atoms with Crippen molar-refractivity contribution >= 4 is 17.5 Å². The summed E-state index contributed by atoms with van der Waals surface area (Å²) in [6.45, 7) is 12.1. The Morgan fingerprint density at radius 3 is 2.34 bits per heavy atom. The molecule has 3 nitrogen and oxygen atoms in total. The van der Waals surface area contributed by atoms with E-state index in [0.717, 1.165) is 31.1 Å². The molecule has 0 aliphatic carbocycles. The fraction of sp³-hybridized carbons (Fsp3) is 0.462. The summed E-state index contributed by atoms with van der Waals surface area (Å²) < 4.78 is 24.9. The topological polar surface area (TPSA) is 44.1 Å². The molecule has 2 atom stereocenters. The standard InChI is InChI=1S/C10H19NO.C8H6ClN.C8H8F2/c1-4-8(3)9-6-10(12)11(5-2)7-9;1-6-2-3-7(5-10)8(9)4-6;1-2-6-3-4-7(9)5-8(6)10/h8-9H,4-7H2,1-3H3;2-4H,1H3;3-5H,2H2,1H3. The number of rotatable bonds is 4. The molecule has 0 radical (unpaired) electrons. The molecule has 6 heteroatoms. The van der Waals surface area contributed by atoms with Gasteiger partial charge in [0.15, 0.2) is 0 Å². The summed E-state index contributed by atoms with van der Waals surface area (Å²) in [5.74, 6) is 0.688. The van der Waals surface area contributed by atoms with E-state index in [1.807, 2.05) is 30.9 Å². The van der Waals surface area contributed by atoms with Gasteiger partial charge in [-0.1, -0.05) is 50.9 Å². The molecule has 174 valence electrons. The molecule has 0 saturated carbocycles. The number of aryl methyl sites for hydroxylation is 2. The molecule has 2 unspecified atom stereocenters. The maximum atomic E-state index is 12.6. The highest BCUT2D eigenvalue weighted by atomic mass is 35.5. The molecule has 0 N–H and O–H groups in total. The van der Waals surface area contributed by atoms with Crippen LogP contribution in [0, 0.1) is 41.7 Å². The largest absolute Gasteiger partial charge is 0.343 e. The Bertz CT molecular complexity index is 927. The molecule has 32 heavy (non-hydrogen) atoms. The number of nitriles is 1. The summed E-state index contributed by atoms with van der Waals surface area (Å²) in [5.41, 5.74) is 2.16. The van der Waals surface area contributed by atoms with E-state index in [1.54, 1.807) is 12.1 Å². The molecular weight excluding hydrogens is 430 g/mol.